The lowest BCUT2D eigenvalue weighted by molar-refractivity contribution is -0.140. The third-order valence-electron chi connectivity index (χ3n) is 4.31. The summed E-state index contributed by atoms with van der Waals surface area (Å²) in [5, 5.41) is 0. The summed E-state index contributed by atoms with van der Waals surface area (Å²) in [5.41, 5.74) is 0. The van der Waals surface area contributed by atoms with Gasteiger partial charge in [-0.25, -0.2) is 0 Å². The van der Waals surface area contributed by atoms with Crippen molar-refractivity contribution in [3.63, 3.8) is 0 Å². The lowest BCUT2D eigenvalue weighted by Gasteiger charge is -2.35. The number of piperazine rings is 1. The number of carbonyl (C=O) groups is 2. The van der Waals surface area contributed by atoms with Crippen LogP contribution in [0, 0.1) is 5.92 Å². The molecule has 2 rings (SSSR count). The Labute approximate surface area is 133 Å². The van der Waals surface area contributed by atoms with Gasteiger partial charge >= 0.3 is 0 Å². The van der Waals surface area contributed by atoms with Crippen LogP contribution in [0.3, 0.4) is 0 Å². The van der Waals surface area contributed by atoms with Crippen LogP contribution in [-0.4, -0.2) is 85.5 Å². The maximum Gasteiger partial charge on any atom is 0.223 e. The van der Waals surface area contributed by atoms with Crippen molar-refractivity contribution in [1.82, 2.24) is 14.7 Å². The largest absolute Gasteiger partial charge is 0.379 e. The zero-order valence-electron chi connectivity index (χ0n) is 13.9. The molecule has 2 amide bonds. The first-order chi connectivity index (χ1) is 10.6. The molecule has 2 fully saturated rings. The minimum Gasteiger partial charge on any atom is -0.379 e. The summed E-state index contributed by atoms with van der Waals surface area (Å²) in [7, 11) is 0. The van der Waals surface area contributed by atoms with Crippen LogP contribution in [0.25, 0.3) is 0 Å². The van der Waals surface area contributed by atoms with Gasteiger partial charge < -0.3 is 14.5 Å². The summed E-state index contributed by atoms with van der Waals surface area (Å²) in [4.78, 5) is 30.4. The third kappa shape index (κ3) is 5.25. The van der Waals surface area contributed by atoms with Crippen LogP contribution in [0.1, 0.15) is 26.7 Å². The zero-order valence-corrected chi connectivity index (χ0v) is 13.9. The number of morpholine rings is 1. The molecule has 0 unspecified atom stereocenters. The van der Waals surface area contributed by atoms with Crippen molar-refractivity contribution >= 4 is 11.8 Å². The van der Waals surface area contributed by atoms with Gasteiger partial charge in [0.25, 0.3) is 0 Å². The normalized spacial score (nSPS) is 20.5. The summed E-state index contributed by atoms with van der Waals surface area (Å²) in [6.45, 7) is 11.0. The SMILES string of the molecule is CC(C)CC(=O)N1CCN(C(=O)CCN2CCOCC2)CC1. The van der Waals surface area contributed by atoms with Crippen LogP contribution in [0.2, 0.25) is 0 Å². The highest BCUT2D eigenvalue weighted by molar-refractivity contribution is 5.78. The number of rotatable bonds is 5. The van der Waals surface area contributed by atoms with Crippen molar-refractivity contribution in [2.75, 3.05) is 59.0 Å². The van der Waals surface area contributed by atoms with E-state index in [1.165, 1.54) is 0 Å². The predicted molar refractivity (Wildman–Crippen MR) is 84.5 cm³/mol. The van der Waals surface area contributed by atoms with E-state index in [1.807, 2.05) is 9.80 Å². The molecule has 22 heavy (non-hydrogen) atoms. The van der Waals surface area contributed by atoms with Gasteiger partial charge in [0, 0.05) is 58.7 Å². The van der Waals surface area contributed by atoms with E-state index in [4.69, 9.17) is 4.74 Å². The van der Waals surface area contributed by atoms with Crippen LogP contribution >= 0.6 is 0 Å². The lowest BCUT2D eigenvalue weighted by atomic mass is 10.1. The Morgan fingerprint density at radius 3 is 2.00 bits per heavy atom. The van der Waals surface area contributed by atoms with Crippen molar-refractivity contribution < 1.29 is 14.3 Å². The minimum atomic E-state index is 0.211. The number of amides is 2. The highest BCUT2D eigenvalue weighted by Gasteiger charge is 2.24. The molecule has 0 saturated carbocycles. The second-order valence-corrected chi connectivity index (χ2v) is 6.56. The van der Waals surface area contributed by atoms with Crippen molar-refractivity contribution in [3.05, 3.63) is 0 Å². The number of nitrogens with zero attached hydrogens (tertiary/aromatic N) is 3. The standard InChI is InChI=1S/C16H29N3O3/c1-14(2)13-16(21)19-7-5-18(6-8-19)15(20)3-4-17-9-11-22-12-10-17/h14H,3-13H2,1-2H3. The van der Waals surface area contributed by atoms with Crippen LogP contribution in [0.5, 0.6) is 0 Å². The van der Waals surface area contributed by atoms with E-state index < -0.39 is 0 Å². The van der Waals surface area contributed by atoms with Gasteiger partial charge in [0.15, 0.2) is 0 Å². The fraction of sp³-hybridized carbons (Fsp3) is 0.875. The second-order valence-electron chi connectivity index (χ2n) is 6.56. The molecule has 0 aromatic heterocycles. The molecule has 0 aromatic rings. The Morgan fingerprint density at radius 2 is 1.45 bits per heavy atom. The van der Waals surface area contributed by atoms with Gasteiger partial charge in [0.2, 0.25) is 11.8 Å². The Hall–Kier alpha value is -1.14. The molecule has 126 valence electrons. The Bertz CT molecular complexity index is 373. The fourth-order valence-electron chi connectivity index (χ4n) is 2.92. The molecular weight excluding hydrogens is 282 g/mol. The molecule has 0 radical (unpaired) electrons. The van der Waals surface area contributed by atoms with Crippen molar-refractivity contribution in [2.24, 2.45) is 5.92 Å². The molecule has 0 bridgehead atoms. The maximum atomic E-state index is 12.3. The molecule has 0 aromatic carbocycles. The first-order valence-electron chi connectivity index (χ1n) is 8.42. The summed E-state index contributed by atoms with van der Waals surface area (Å²) in [5.74, 6) is 0.818. The van der Waals surface area contributed by atoms with Gasteiger partial charge in [-0.2, -0.15) is 0 Å². The highest BCUT2D eigenvalue weighted by Crippen LogP contribution is 2.09. The Kier molecular flexibility index (Phi) is 6.64. The molecule has 2 aliphatic rings. The van der Waals surface area contributed by atoms with E-state index in [1.54, 1.807) is 0 Å². The van der Waals surface area contributed by atoms with Crippen molar-refractivity contribution in [2.45, 2.75) is 26.7 Å². The van der Waals surface area contributed by atoms with Gasteiger partial charge in [0.1, 0.15) is 0 Å². The van der Waals surface area contributed by atoms with Crippen LogP contribution in [-0.2, 0) is 14.3 Å². The number of carbonyl (C=O) groups excluding carboxylic acids is 2. The average molecular weight is 311 g/mol. The molecular formula is C16H29N3O3. The average Bonchev–Trinajstić information content (AvgIpc) is 2.53. The molecule has 0 spiro atoms. The third-order valence-corrected chi connectivity index (χ3v) is 4.31. The zero-order chi connectivity index (χ0) is 15.9. The van der Waals surface area contributed by atoms with Crippen molar-refractivity contribution in [3.8, 4) is 0 Å². The Balaban J connectivity index is 1.67. The van der Waals surface area contributed by atoms with E-state index >= 15 is 0 Å². The quantitative estimate of drug-likeness (QED) is 0.739. The van der Waals surface area contributed by atoms with Crippen LogP contribution in [0.4, 0.5) is 0 Å². The summed E-state index contributed by atoms with van der Waals surface area (Å²) in [6.07, 6.45) is 1.17. The van der Waals surface area contributed by atoms with Crippen molar-refractivity contribution in [1.29, 1.82) is 0 Å². The first-order valence-corrected chi connectivity index (χ1v) is 8.42. The van der Waals surface area contributed by atoms with Gasteiger partial charge in [-0.3, -0.25) is 14.5 Å². The van der Waals surface area contributed by atoms with Crippen LogP contribution in [0.15, 0.2) is 0 Å². The van der Waals surface area contributed by atoms with Gasteiger partial charge in [-0.1, -0.05) is 13.8 Å². The molecule has 6 nitrogen and oxygen atoms in total. The minimum absolute atomic E-state index is 0.211. The van der Waals surface area contributed by atoms with E-state index in [-0.39, 0.29) is 11.8 Å². The van der Waals surface area contributed by atoms with E-state index in [0.717, 1.165) is 32.8 Å². The topological polar surface area (TPSA) is 53.1 Å². The highest BCUT2D eigenvalue weighted by atomic mass is 16.5. The maximum absolute atomic E-state index is 12.3. The predicted octanol–water partition coefficient (Wildman–Crippen LogP) is 0.426. The number of hydrogen-bond donors (Lipinski definition) is 0. The molecule has 2 heterocycles. The lowest BCUT2D eigenvalue weighted by Crippen LogP contribution is -2.51. The van der Waals surface area contributed by atoms with E-state index in [2.05, 4.69) is 18.7 Å². The summed E-state index contributed by atoms with van der Waals surface area (Å²) < 4.78 is 5.31. The van der Waals surface area contributed by atoms with Crippen LogP contribution < -0.4 is 0 Å². The molecule has 0 atom stereocenters. The first kappa shape index (κ1) is 17.2. The van der Waals surface area contributed by atoms with Gasteiger partial charge in [-0.15, -0.1) is 0 Å². The summed E-state index contributed by atoms with van der Waals surface area (Å²) >= 11 is 0. The fourth-order valence-corrected chi connectivity index (χ4v) is 2.92. The smallest absolute Gasteiger partial charge is 0.223 e. The summed E-state index contributed by atoms with van der Waals surface area (Å²) in [6, 6.07) is 0. The number of hydrogen-bond acceptors (Lipinski definition) is 4. The van der Waals surface area contributed by atoms with Gasteiger partial charge in [-0.05, 0) is 5.92 Å². The molecule has 2 aliphatic heterocycles. The number of ether oxygens (including phenoxy) is 1. The Morgan fingerprint density at radius 1 is 0.909 bits per heavy atom. The van der Waals surface area contributed by atoms with Gasteiger partial charge in [0.05, 0.1) is 13.2 Å². The molecule has 2 saturated heterocycles. The second kappa shape index (κ2) is 8.48. The van der Waals surface area contributed by atoms with E-state index in [9.17, 15) is 9.59 Å². The molecule has 6 heteroatoms. The van der Waals surface area contributed by atoms with E-state index in [0.29, 0.717) is 44.9 Å². The monoisotopic (exact) mass is 311 g/mol. The molecule has 0 N–H and O–H groups in total. The molecule has 0 aliphatic carbocycles.